The van der Waals surface area contributed by atoms with E-state index in [1.54, 1.807) is 0 Å². The highest BCUT2D eigenvalue weighted by Crippen LogP contribution is 2.22. The first-order valence-corrected chi connectivity index (χ1v) is 4.08. The maximum atomic E-state index is 9.20. The molecule has 1 saturated heterocycles. The van der Waals surface area contributed by atoms with Crippen molar-refractivity contribution in [2.45, 2.75) is 29.9 Å². The fourth-order valence-corrected chi connectivity index (χ4v) is 1.41. The van der Waals surface area contributed by atoms with Crippen molar-refractivity contribution >= 4 is 12.6 Å². The van der Waals surface area contributed by atoms with Crippen LogP contribution in [-0.2, 0) is 4.74 Å². The van der Waals surface area contributed by atoms with E-state index in [0.717, 1.165) is 0 Å². The van der Waals surface area contributed by atoms with Gasteiger partial charge in [0.05, 0.1) is 6.61 Å². The van der Waals surface area contributed by atoms with Gasteiger partial charge in [0.15, 0.2) is 0 Å². The molecular weight excluding hydrogens is 184 g/mol. The quantitative estimate of drug-likeness (QED) is 0.305. The summed E-state index contributed by atoms with van der Waals surface area (Å²) in [5, 5.41) is 36.2. The molecule has 5 nitrogen and oxygen atoms in total. The predicted octanol–water partition coefficient (Wildman–Crippen LogP) is -2.28. The normalized spacial score (nSPS) is 49.2. The third kappa shape index (κ3) is 1.73. The number of hydrogen-bond donors (Lipinski definition) is 5. The summed E-state index contributed by atoms with van der Waals surface area (Å²) in [6.45, 7) is -0.415. The minimum absolute atomic E-state index is 0.415. The number of hydrogen-bond acceptors (Lipinski definition) is 6. The van der Waals surface area contributed by atoms with E-state index in [1.807, 2.05) is 0 Å². The second-order valence-electron chi connectivity index (χ2n) is 2.72. The average molecular weight is 196 g/mol. The van der Waals surface area contributed by atoms with Gasteiger partial charge in [-0.05, 0) is 0 Å². The van der Waals surface area contributed by atoms with Crippen molar-refractivity contribution in [2.24, 2.45) is 0 Å². The van der Waals surface area contributed by atoms with E-state index in [2.05, 4.69) is 12.6 Å². The molecule has 0 aromatic carbocycles. The van der Waals surface area contributed by atoms with E-state index in [-0.39, 0.29) is 0 Å². The van der Waals surface area contributed by atoms with Gasteiger partial charge in [-0.3, -0.25) is 0 Å². The fraction of sp³-hybridized carbons (Fsp3) is 1.00. The molecule has 0 aliphatic carbocycles. The van der Waals surface area contributed by atoms with Gasteiger partial charge in [0.2, 0.25) is 0 Å². The molecule has 4 N–H and O–H groups in total. The molecule has 72 valence electrons. The summed E-state index contributed by atoms with van der Waals surface area (Å²) in [6.07, 6.45) is -4.70. The molecule has 0 saturated carbocycles. The van der Waals surface area contributed by atoms with E-state index in [0.29, 0.717) is 0 Å². The van der Waals surface area contributed by atoms with Crippen LogP contribution in [0.1, 0.15) is 0 Å². The van der Waals surface area contributed by atoms with Gasteiger partial charge in [-0.25, -0.2) is 0 Å². The van der Waals surface area contributed by atoms with Crippen molar-refractivity contribution in [1.82, 2.24) is 0 Å². The second-order valence-corrected chi connectivity index (χ2v) is 3.23. The minimum atomic E-state index is -1.32. The molecule has 0 unspecified atom stereocenters. The lowest BCUT2D eigenvalue weighted by Gasteiger charge is -2.37. The Morgan fingerprint density at radius 1 is 1.08 bits per heavy atom. The first kappa shape index (κ1) is 10.2. The number of aliphatic hydroxyl groups is 4. The maximum absolute atomic E-state index is 9.20. The maximum Gasteiger partial charge on any atom is 0.129 e. The van der Waals surface area contributed by atoms with Crippen LogP contribution in [0, 0.1) is 0 Å². The van der Waals surface area contributed by atoms with Gasteiger partial charge >= 0.3 is 0 Å². The first-order chi connectivity index (χ1) is 5.57. The summed E-state index contributed by atoms with van der Waals surface area (Å²) in [5.74, 6) is 0. The smallest absolute Gasteiger partial charge is 0.129 e. The zero-order chi connectivity index (χ0) is 9.30. The van der Waals surface area contributed by atoms with Crippen molar-refractivity contribution in [3.8, 4) is 0 Å². The number of ether oxygens (including phenoxy) is 1. The van der Waals surface area contributed by atoms with E-state index in [1.165, 1.54) is 0 Å². The minimum Gasteiger partial charge on any atom is -0.394 e. The zero-order valence-corrected chi connectivity index (χ0v) is 7.13. The van der Waals surface area contributed by atoms with Crippen molar-refractivity contribution < 1.29 is 25.2 Å². The molecule has 0 amide bonds. The van der Waals surface area contributed by atoms with Crippen LogP contribution in [-0.4, -0.2) is 56.9 Å². The molecule has 1 fully saturated rings. The molecule has 1 heterocycles. The summed E-state index contributed by atoms with van der Waals surface area (Å²) in [7, 11) is 0. The topological polar surface area (TPSA) is 90.2 Å². The largest absolute Gasteiger partial charge is 0.394 e. The number of rotatable bonds is 1. The zero-order valence-electron chi connectivity index (χ0n) is 6.24. The third-order valence-corrected chi connectivity index (χ3v) is 2.29. The Bertz CT molecular complexity index is 150. The van der Waals surface area contributed by atoms with Crippen LogP contribution in [0.3, 0.4) is 0 Å². The lowest BCUT2D eigenvalue weighted by molar-refractivity contribution is -0.205. The van der Waals surface area contributed by atoms with Crippen LogP contribution >= 0.6 is 12.6 Å². The Hall–Kier alpha value is 0.150. The van der Waals surface area contributed by atoms with Gasteiger partial charge in [-0.15, -0.1) is 12.6 Å². The molecular formula is C6H12O5S. The van der Waals surface area contributed by atoms with Crippen LogP contribution < -0.4 is 0 Å². The Morgan fingerprint density at radius 3 is 2.17 bits per heavy atom. The summed E-state index contributed by atoms with van der Waals surface area (Å²) >= 11 is 3.81. The molecule has 1 aliphatic rings. The Labute approximate surface area is 75.0 Å². The molecule has 0 aromatic heterocycles. The van der Waals surface area contributed by atoms with E-state index < -0.39 is 36.5 Å². The molecule has 0 spiro atoms. The van der Waals surface area contributed by atoms with Crippen molar-refractivity contribution in [3.05, 3.63) is 0 Å². The molecule has 0 aromatic rings. The van der Waals surface area contributed by atoms with Crippen LogP contribution in [0.5, 0.6) is 0 Å². The van der Waals surface area contributed by atoms with Gasteiger partial charge < -0.3 is 25.2 Å². The standard InChI is InChI=1S/C6H12O5S/c7-1-2-3(8)4(9)5(10)6(12)11-2/h2-10,12H,1H2/t2-,3+,4+,5+,6-/m0/s1. The van der Waals surface area contributed by atoms with E-state index in [9.17, 15) is 10.2 Å². The molecule has 1 rings (SSSR count). The second kappa shape index (κ2) is 3.91. The number of thiol groups is 1. The van der Waals surface area contributed by atoms with Crippen LogP contribution in [0.2, 0.25) is 0 Å². The highest BCUT2D eigenvalue weighted by Gasteiger charge is 2.41. The first-order valence-electron chi connectivity index (χ1n) is 3.56. The summed E-state index contributed by atoms with van der Waals surface area (Å²) < 4.78 is 4.88. The van der Waals surface area contributed by atoms with Gasteiger partial charge in [0.1, 0.15) is 29.9 Å². The Morgan fingerprint density at radius 2 is 1.67 bits per heavy atom. The average Bonchev–Trinajstić information content (AvgIpc) is 2.08. The van der Waals surface area contributed by atoms with Crippen LogP contribution in [0.15, 0.2) is 0 Å². The van der Waals surface area contributed by atoms with Gasteiger partial charge in [0, 0.05) is 0 Å². The van der Waals surface area contributed by atoms with Gasteiger partial charge in [-0.1, -0.05) is 0 Å². The predicted molar refractivity (Wildman–Crippen MR) is 42.8 cm³/mol. The fourth-order valence-electron chi connectivity index (χ4n) is 1.08. The summed E-state index contributed by atoms with van der Waals surface area (Å²) in [6, 6.07) is 0. The molecule has 6 heteroatoms. The van der Waals surface area contributed by atoms with Crippen LogP contribution in [0.25, 0.3) is 0 Å². The molecule has 5 atom stereocenters. The van der Waals surface area contributed by atoms with Gasteiger partial charge in [-0.2, -0.15) is 0 Å². The van der Waals surface area contributed by atoms with E-state index in [4.69, 9.17) is 14.9 Å². The Kier molecular flexibility index (Phi) is 3.33. The van der Waals surface area contributed by atoms with E-state index >= 15 is 0 Å². The molecule has 0 bridgehead atoms. The van der Waals surface area contributed by atoms with Gasteiger partial charge in [0.25, 0.3) is 0 Å². The Balaban J connectivity index is 2.63. The lowest BCUT2D eigenvalue weighted by atomic mass is 10.0. The summed E-state index contributed by atoms with van der Waals surface area (Å²) in [5.41, 5.74) is -0.874. The third-order valence-electron chi connectivity index (χ3n) is 1.87. The lowest BCUT2D eigenvalue weighted by Crippen LogP contribution is -2.56. The molecule has 12 heavy (non-hydrogen) atoms. The molecule has 1 aliphatic heterocycles. The number of aliphatic hydroxyl groups excluding tert-OH is 4. The van der Waals surface area contributed by atoms with Crippen molar-refractivity contribution in [3.63, 3.8) is 0 Å². The highest BCUT2D eigenvalue weighted by atomic mass is 32.1. The molecule has 0 radical (unpaired) electrons. The van der Waals surface area contributed by atoms with Crippen molar-refractivity contribution in [1.29, 1.82) is 0 Å². The SMILES string of the molecule is OC[C@@H]1O[C@@H](S)[C@H](O)[C@H](O)[C@@H]1O. The van der Waals surface area contributed by atoms with Crippen molar-refractivity contribution in [2.75, 3.05) is 6.61 Å². The summed E-state index contributed by atoms with van der Waals surface area (Å²) in [4.78, 5) is 0. The monoisotopic (exact) mass is 196 g/mol. The highest BCUT2D eigenvalue weighted by molar-refractivity contribution is 7.80. The van der Waals surface area contributed by atoms with Crippen LogP contribution in [0.4, 0.5) is 0 Å².